The molecule has 0 spiro atoms. The zero-order chi connectivity index (χ0) is 26.0. The summed E-state index contributed by atoms with van der Waals surface area (Å²) >= 11 is 0. The van der Waals surface area contributed by atoms with E-state index in [1.807, 2.05) is 0 Å². The van der Waals surface area contributed by atoms with Crippen LogP contribution in [0.25, 0.3) is 11.0 Å². The number of H-pyrrole nitrogens is 1. The second kappa shape index (κ2) is 9.44. The number of rotatable bonds is 5. The third-order valence-electron chi connectivity index (χ3n) is 4.92. The molecule has 0 aliphatic carbocycles. The maximum absolute atomic E-state index is 14.4. The van der Waals surface area contributed by atoms with Gasteiger partial charge < -0.3 is 20.2 Å². The van der Waals surface area contributed by atoms with Gasteiger partial charge in [0.05, 0.1) is 35.1 Å². The highest BCUT2D eigenvalue weighted by Gasteiger charge is 2.32. The second-order valence-corrected chi connectivity index (χ2v) is 7.31. The third kappa shape index (κ3) is 5.14. The average Bonchev–Trinajstić information content (AvgIpc) is 3.22. The summed E-state index contributed by atoms with van der Waals surface area (Å²) < 4.78 is 63.9. The summed E-state index contributed by atoms with van der Waals surface area (Å²) in [5.41, 5.74) is 4.69. The van der Waals surface area contributed by atoms with Crippen molar-refractivity contribution in [3.63, 3.8) is 0 Å². The van der Waals surface area contributed by atoms with Crippen molar-refractivity contribution >= 4 is 40.5 Å². The first-order valence-electron chi connectivity index (χ1n) is 10.1. The number of carbonyl (C=O) groups is 2. The number of aromatic amines is 1. The van der Waals surface area contributed by atoms with Crippen LogP contribution in [-0.2, 0) is 10.9 Å². The molecule has 0 atom stereocenters. The van der Waals surface area contributed by atoms with Crippen molar-refractivity contribution < 1.29 is 36.6 Å². The summed E-state index contributed by atoms with van der Waals surface area (Å²) in [5.74, 6) is -0.193. The lowest BCUT2D eigenvalue weighted by Crippen LogP contribution is -2.32. The molecular formula is C23H17F4N5O4. The van der Waals surface area contributed by atoms with Crippen LogP contribution in [0, 0.1) is 5.82 Å². The number of nitrogens with one attached hydrogen (secondary N) is 2. The molecule has 0 saturated heterocycles. The quantitative estimate of drug-likeness (QED) is 0.292. The normalized spacial score (nSPS) is 11.2. The van der Waals surface area contributed by atoms with Gasteiger partial charge >= 0.3 is 18.3 Å². The predicted octanol–water partition coefficient (Wildman–Crippen LogP) is 5.91. The molecule has 4 N–H and O–H groups in total. The number of benzene rings is 3. The van der Waals surface area contributed by atoms with Gasteiger partial charge in [0, 0.05) is 6.07 Å². The van der Waals surface area contributed by atoms with Crippen molar-refractivity contribution in [1.82, 2.24) is 9.97 Å². The monoisotopic (exact) mass is 503 g/mol. The number of halogens is 4. The van der Waals surface area contributed by atoms with Crippen LogP contribution in [0.15, 0.2) is 60.7 Å². The number of imidazole rings is 1. The number of nitrogens with zero attached hydrogens (tertiary/aromatic N) is 2. The molecule has 0 radical (unpaired) electrons. The van der Waals surface area contributed by atoms with Crippen LogP contribution in [0.1, 0.15) is 5.56 Å². The van der Waals surface area contributed by atoms with Gasteiger partial charge in [-0.25, -0.2) is 19.0 Å². The highest BCUT2D eigenvalue weighted by atomic mass is 19.4. The number of primary amides is 1. The second-order valence-electron chi connectivity index (χ2n) is 7.31. The van der Waals surface area contributed by atoms with E-state index in [-0.39, 0.29) is 11.6 Å². The molecule has 4 rings (SSSR count). The maximum Gasteiger partial charge on any atom is 0.416 e. The molecule has 0 aliphatic rings. The molecule has 4 aromatic rings. The molecule has 0 fully saturated rings. The summed E-state index contributed by atoms with van der Waals surface area (Å²) in [6.07, 6.45) is -5.43. The lowest BCUT2D eigenvalue weighted by molar-refractivity contribution is -0.137. The number of ether oxygens (including phenoxy) is 2. The Kier molecular flexibility index (Phi) is 6.38. The number of methoxy groups -OCH3 is 1. The zero-order valence-electron chi connectivity index (χ0n) is 18.4. The van der Waals surface area contributed by atoms with E-state index in [1.165, 1.54) is 31.4 Å². The number of aromatic nitrogens is 2. The molecule has 3 amide bonds. The number of fused-ring (bicyclic) bond motifs is 1. The largest absolute Gasteiger partial charge is 0.457 e. The Morgan fingerprint density at radius 3 is 2.36 bits per heavy atom. The molecule has 0 aliphatic heterocycles. The van der Waals surface area contributed by atoms with Crippen LogP contribution in [0.5, 0.6) is 11.5 Å². The molecule has 13 heteroatoms. The van der Waals surface area contributed by atoms with Gasteiger partial charge in [0.1, 0.15) is 17.3 Å². The fraction of sp³-hybridized carbons (Fsp3) is 0.0870. The molecule has 0 saturated carbocycles. The summed E-state index contributed by atoms with van der Waals surface area (Å²) in [7, 11) is 1.22. The fourth-order valence-corrected chi connectivity index (χ4v) is 3.30. The number of nitrogens with two attached hydrogens (primary N) is 1. The van der Waals surface area contributed by atoms with E-state index in [2.05, 4.69) is 20.0 Å². The number of hydrogen-bond acceptors (Lipinski definition) is 5. The van der Waals surface area contributed by atoms with Gasteiger partial charge in [0.2, 0.25) is 5.95 Å². The van der Waals surface area contributed by atoms with Gasteiger partial charge in [-0.15, -0.1) is 0 Å². The Labute approximate surface area is 200 Å². The van der Waals surface area contributed by atoms with Crippen molar-refractivity contribution in [1.29, 1.82) is 0 Å². The Morgan fingerprint density at radius 1 is 1.03 bits per heavy atom. The Hall–Kier alpha value is -4.81. The molecule has 0 unspecified atom stereocenters. The lowest BCUT2D eigenvalue weighted by Gasteiger charge is -2.22. The predicted molar refractivity (Wildman–Crippen MR) is 122 cm³/mol. The molecule has 186 valence electrons. The van der Waals surface area contributed by atoms with E-state index in [1.54, 1.807) is 18.2 Å². The standard InChI is InChI=1S/C23H17F4N5O4/c1-35-22(34)31-21-29-17-9-7-15(11-18(17)30-21)36-14-5-3-13(4-6-14)32(20(28)33)19-10-12(23(25,26)27)2-8-16(19)24/h2-11H,1H3,(H2,28,33)(H2,29,30,31,34). The number of carbonyl (C=O) groups excluding carboxylic acids is 2. The number of hydrogen-bond donors (Lipinski definition) is 3. The smallest absolute Gasteiger partial charge is 0.416 e. The minimum atomic E-state index is -4.74. The van der Waals surface area contributed by atoms with Crippen molar-refractivity contribution in [3.05, 3.63) is 72.0 Å². The molecule has 0 bridgehead atoms. The molecule has 36 heavy (non-hydrogen) atoms. The lowest BCUT2D eigenvalue weighted by atomic mass is 10.1. The van der Waals surface area contributed by atoms with Crippen LogP contribution < -0.4 is 20.7 Å². The Balaban J connectivity index is 1.57. The zero-order valence-corrected chi connectivity index (χ0v) is 18.4. The van der Waals surface area contributed by atoms with Gasteiger partial charge in [-0.05, 0) is 54.6 Å². The van der Waals surface area contributed by atoms with Crippen molar-refractivity contribution in [3.8, 4) is 11.5 Å². The summed E-state index contributed by atoms with van der Waals surface area (Å²) in [6.45, 7) is 0. The third-order valence-corrected chi connectivity index (χ3v) is 4.92. The van der Waals surface area contributed by atoms with Crippen molar-refractivity contribution in [2.45, 2.75) is 6.18 Å². The van der Waals surface area contributed by atoms with Gasteiger partial charge in [0.15, 0.2) is 0 Å². The van der Waals surface area contributed by atoms with E-state index in [9.17, 15) is 27.2 Å². The fourth-order valence-electron chi connectivity index (χ4n) is 3.30. The first kappa shape index (κ1) is 24.3. The summed E-state index contributed by atoms with van der Waals surface area (Å²) in [6, 6.07) is 10.9. The molecule has 1 heterocycles. The molecule has 1 aromatic heterocycles. The van der Waals surface area contributed by atoms with Gasteiger partial charge in [-0.2, -0.15) is 13.2 Å². The van der Waals surface area contributed by atoms with Crippen LogP contribution in [-0.4, -0.2) is 29.2 Å². The highest BCUT2D eigenvalue weighted by Crippen LogP contribution is 2.36. The molecular weight excluding hydrogens is 486 g/mol. The summed E-state index contributed by atoms with van der Waals surface area (Å²) in [5, 5.41) is 2.41. The van der Waals surface area contributed by atoms with E-state index >= 15 is 0 Å². The first-order chi connectivity index (χ1) is 17.0. The Morgan fingerprint density at radius 2 is 1.72 bits per heavy atom. The maximum atomic E-state index is 14.4. The number of anilines is 3. The van der Waals surface area contributed by atoms with Crippen LogP contribution in [0.2, 0.25) is 0 Å². The first-order valence-corrected chi connectivity index (χ1v) is 10.1. The highest BCUT2D eigenvalue weighted by molar-refractivity contribution is 5.98. The van der Waals surface area contributed by atoms with Gasteiger partial charge in [-0.3, -0.25) is 10.2 Å². The van der Waals surface area contributed by atoms with Crippen LogP contribution >= 0.6 is 0 Å². The molecule has 9 nitrogen and oxygen atoms in total. The SMILES string of the molecule is COC(=O)Nc1nc2ccc(Oc3ccc(N(C(N)=O)c4cc(C(F)(F)F)ccc4F)cc3)cc2[nH]1. The van der Waals surface area contributed by atoms with E-state index in [0.717, 1.165) is 0 Å². The van der Waals surface area contributed by atoms with Crippen molar-refractivity contribution in [2.24, 2.45) is 5.73 Å². The number of alkyl halides is 3. The minimum absolute atomic E-state index is 0.0237. The van der Waals surface area contributed by atoms with Crippen molar-refractivity contribution in [2.75, 3.05) is 17.3 Å². The van der Waals surface area contributed by atoms with Crippen LogP contribution in [0.3, 0.4) is 0 Å². The minimum Gasteiger partial charge on any atom is -0.457 e. The van der Waals surface area contributed by atoms with Gasteiger partial charge in [-0.1, -0.05) is 0 Å². The van der Waals surface area contributed by atoms with E-state index in [0.29, 0.717) is 45.6 Å². The van der Waals surface area contributed by atoms with Crippen LogP contribution in [0.4, 0.5) is 44.5 Å². The average molecular weight is 503 g/mol. The Bertz CT molecular complexity index is 1440. The summed E-state index contributed by atoms with van der Waals surface area (Å²) in [4.78, 5) is 31.1. The molecule has 3 aromatic carbocycles. The number of urea groups is 1. The topological polar surface area (TPSA) is 123 Å². The number of amides is 3. The van der Waals surface area contributed by atoms with Gasteiger partial charge in [0.25, 0.3) is 0 Å². The van der Waals surface area contributed by atoms with E-state index < -0.39 is 35.4 Å². The van der Waals surface area contributed by atoms with E-state index in [4.69, 9.17) is 10.5 Å².